The Morgan fingerprint density at radius 3 is 2.33 bits per heavy atom. The maximum atomic E-state index is 12.9. The highest BCUT2D eigenvalue weighted by Gasteiger charge is 2.48. The molecule has 2 amide bonds. The lowest BCUT2D eigenvalue weighted by atomic mass is 9.75. The van der Waals surface area contributed by atoms with Crippen LogP contribution in [0.2, 0.25) is 0 Å². The van der Waals surface area contributed by atoms with Gasteiger partial charge in [0.2, 0.25) is 11.8 Å². The molecule has 1 saturated heterocycles. The molecule has 0 aromatic heterocycles. The van der Waals surface area contributed by atoms with Crippen molar-refractivity contribution in [2.75, 3.05) is 11.4 Å². The number of hydrogen-bond acceptors (Lipinski definition) is 3. The summed E-state index contributed by atoms with van der Waals surface area (Å²) in [6.07, 6.45) is 4.23. The smallest absolute Gasteiger partial charge is 0.245 e. The summed E-state index contributed by atoms with van der Waals surface area (Å²) < 4.78 is 0. The van der Waals surface area contributed by atoms with Gasteiger partial charge in [0.05, 0.1) is 0 Å². The number of amides is 2. The fourth-order valence-corrected chi connectivity index (χ4v) is 4.09. The standard InChI is InChI=1S/C22H33N3O2/c1-15(2)14-17(4)23-21(27)22(11-5-12-22)24-20(26)19-10-13-25(19)18-8-6-16(3)7-9-18/h6-9,15,17,19H,5,10-14H2,1-4H3,(H,23,27)(H,24,26)/t17-,19+/m1/s1. The summed E-state index contributed by atoms with van der Waals surface area (Å²) in [5, 5.41) is 6.22. The molecule has 0 radical (unpaired) electrons. The molecule has 2 N–H and O–H groups in total. The number of rotatable bonds is 7. The highest BCUT2D eigenvalue weighted by atomic mass is 16.2. The van der Waals surface area contributed by atoms with Gasteiger partial charge in [0.15, 0.2) is 0 Å². The third kappa shape index (κ3) is 4.28. The highest BCUT2D eigenvalue weighted by Crippen LogP contribution is 2.34. The summed E-state index contributed by atoms with van der Waals surface area (Å²) in [4.78, 5) is 27.9. The Kier molecular flexibility index (Phi) is 5.78. The van der Waals surface area contributed by atoms with E-state index in [1.165, 1.54) is 5.56 Å². The first kappa shape index (κ1) is 19.7. The van der Waals surface area contributed by atoms with Crippen LogP contribution in [-0.2, 0) is 9.59 Å². The summed E-state index contributed by atoms with van der Waals surface area (Å²) in [5.74, 6) is 0.495. The molecule has 1 saturated carbocycles. The van der Waals surface area contributed by atoms with Crippen LogP contribution in [0.1, 0.15) is 58.4 Å². The molecule has 0 spiro atoms. The quantitative estimate of drug-likeness (QED) is 0.774. The number of hydrogen-bond donors (Lipinski definition) is 2. The maximum absolute atomic E-state index is 12.9. The Morgan fingerprint density at radius 1 is 1.19 bits per heavy atom. The third-order valence-corrected chi connectivity index (χ3v) is 5.89. The average molecular weight is 372 g/mol. The molecule has 0 bridgehead atoms. The monoisotopic (exact) mass is 371 g/mol. The van der Waals surface area contributed by atoms with Crippen LogP contribution in [0, 0.1) is 12.8 Å². The van der Waals surface area contributed by atoms with Crippen molar-refractivity contribution in [1.82, 2.24) is 10.6 Å². The molecule has 148 valence electrons. The molecule has 2 aliphatic rings. The first-order valence-electron chi connectivity index (χ1n) is 10.3. The van der Waals surface area contributed by atoms with Gasteiger partial charge in [-0.25, -0.2) is 0 Å². The molecule has 0 unspecified atom stereocenters. The lowest BCUT2D eigenvalue weighted by molar-refractivity contribution is -0.138. The Bertz CT molecular complexity index is 679. The molecule has 3 rings (SSSR count). The number of benzene rings is 1. The molecular weight excluding hydrogens is 338 g/mol. The predicted molar refractivity (Wildman–Crippen MR) is 109 cm³/mol. The number of nitrogens with zero attached hydrogens (tertiary/aromatic N) is 1. The van der Waals surface area contributed by atoms with E-state index >= 15 is 0 Å². The first-order valence-corrected chi connectivity index (χ1v) is 10.3. The van der Waals surface area contributed by atoms with Gasteiger partial charge in [-0.2, -0.15) is 0 Å². The van der Waals surface area contributed by atoms with Crippen LogP contribution in [0.3, 0.4) is 0 Å². The second-order valence-electron chi connectivity index (χ2n) is 8.76. The van der Waals surface area contributed by atoms with Crippen LogP contribution in [-0.4, -0.2) is 36.0 Å². The molecule has 1 aliphatic heterocycles. The molecule has 5 nitrogen and oxygen atoms in total. The van der Waals surface area contributed by atoms with E-state index in [-0.39, 0.29) is 23.9 Å². The van der Waals surface area contributed by atoms with Crippen molar-refractivity contribution in [1.29, 1.82) is 0 Å². The van der Waals surface area contributed by atoms with E-state index in [1.54, 1.807) is 0 Å². The summed E-state index contributed by atoms with van der Waals surface area (Å²) in [5.41, 5.74) is 1.57. The van der Waals surface area contributed by atoms with E-state index in [0.29, 0.717) is 5.92 Å². The van der Waals surface area contributed by atoms with Crippen LogP contribution < -0.4 is 15.5 Å². The van der Waals surface area contributed by atoms with E-state index in [4.69, 9.17) is 0 Å². The van der Waals surface area contributed by atoms with Crippen molar-refractivity contribution in [3.8, 4) is 0 Å². The number of anilines is 1. The van der Waals surface area contributed by atoms with Crippen molar-refractivity contribution in [2.45, 2.75) is 77.4 Å². The normalized spacial score (nSPS) is 21.8. The van der Waals surface area contributed by atoms with E-state index < -0.39 is 5.54 Å². The Balaban J connectivity index is 1.61. The van der Waals surface area contributed by atoms with Gasteiger partial charge in [-0.3, -0.25) is 9.59 Å². The van der Waals surface area contributed by atoms with Gasteiger partial charge in [-0.05, 0) is 64.0 Å². The highest BCUT2D eigenvalue weighted by molar-refractivity contribution is 5.95. The lowest BCUT2D eigenvalue weighted by Gasteiger charge is -2.46. The van der Waals surface area contributed by atoms with Crippen molar-refractivity contribution in [3.05, 3.63) is 29.8 Å². The predicted octanol–water partition coefficient (Wildman–Crippen LogP) is 3.16. The van der Waals surface area contributed by atoms with Gasteiger partial charge < -0.3 is 15.5 Å². The van der Waals surface area contributed by atoms with E-state index in [1.807, 2.05) is 6.92 Å². The molecule has 2 atom stereocenters. The molecule has 1 aromatic rings. The molecule has 1 aliphatic carbocycles. The van der Waals surface area contributed by atoms with E-state index in [9.17, 15) is 9.59 Å². The first-order chi connectivity index (χ1) is 12.8. The molecule has 1 heterocycles. The van der Waals surface area contributed by atoms with Gasteiger partial charge in [0.25, 0.3) is 0 Å². The van der Waals surface area contributed by atoms with Crippen molar-refractivity contribution in [2.24, 2.45) is 5.92 Å². The summed E-state index contributed by atoms with van der Waals surface area (Å²) in [6.45, 7) is 9.28. The average Bonchev–Trinajstić information content (AvgIpc) is 2.50. The second kappa shape index (κ2) is 7.91. The zero-order chi connectivity index (χ0) is 19.6. The zero-order valence-corrected chi connectivity index (χ0v) is 17.0. The minimum atomic E-state index is -0.711. The zero-order valence-electron chi connectivity index (χ0n) is 17.0. The van der Waals surface area contributed by atoms with Gasteiger partial charge >= 0.3 is 0 Å². The Hall–Kier alpha value is -2.04. The van der Waals surface area contributed by atoms with Crippen molar-refractivity contribution >= 4 is 17.5 Å². The SMILES string of the molecule is Cc1ccc(N2CC[C@H]2C(=O)NC2(C(=O)N[C@H](C)CC(C)C)CCC2)cc1. The summed E-state index contributed by atoms with van der Waals surface area (Å²) >= 11 is 0. The molecule has 1 aromatic carbocycles. The summed E-state index contributed by atoms with van der Waals surface area (Å²) in [6, 6.07) is 8.22. The van der Waals surface area contributed by atoms with Gasteiger partial charge in [-0.15, -0.1) is 0 Å². The van der Waals surface area contributed by atoms with Crippen LogP contribution in [0.25, 0.3) is 0 Å². The van der Waals surface area contributed by atoms with E-state index in [2.05, 4.69) is 60.6 Å². The minimum Gasteiger partial charge on any atom is -0.359 e. The summed E-state index contributed by atoms with van der Waals surface area (Å²) in [7, 11) is 0. The fourth-order valence-electron chi connectivity index (χ4n) is 4.09. The topological polar surface area (TPSA) is 61.4 Å². The number of aryl methyl sites for hydroxylation is 1. The van der Waals surface area contributed by atoms with Crippen LogP contribution in [0.15, 0.2) is 24.3 Å². The fraction of sp³-hybridized carbons (Fsp3) is 0.636. The largest absolute Gasteiger partial charge is 0.359 e. The van der Waals surface area contributed by atoms with Gasteiger partial charge in [-0.1, -0.05) is 31.5 Å². The molecule has 5 heteroatoms. The number of carbonyl (C=O) groups is 2. The second-order valence-corrected chi connectivity index (χ2v) is 8.76. The van der Waals surface area contributed by atoms with Crippen LogP contribution in [0.4, 0.5) is 5.69 Å². The number of nitrogens with one attached hydrogen (secondary N) is 2. The third-order valence-electron chi connectivity index (χ3n) is 5.89. The number of carbonyl (C=O) groups excluding carboxylic acids is 2. The molecule has 2 fully saturated rings. The Labute approximate surface area is 162 Å². The molecule has 27 heavy (non-hydrogen) atoms. The lowest BCUT2D eigenvalue weighted by Crippen LogP contribution is -2.68. The van der Waals surface area contributed by atoms with Crippen LogP contribution >= 0.6 is 0 Å². The van der Waals surface area contributed by atoms with Crippen molar-refractivity contribution < 1.29 is 9.59 Å². The van der Waals surface area contributed by atoms with Crippen molar-refractivity contribution in [3.63, 3.8) is 0 Å². The van der Waals surface area contributed by atoms with Gasteiger partial charge in [0.1, 0.15) is 11.6 Å². The maximum Gasteiger partial charge on any atom is 0.245 e. The van der Waals surface area contributed by atoms with E-state index in [0.717, 1.165) is 44.3 Å². The Morgan fingerprint density at radius 2 is 1.85 bits per heavy atom. The minimum absolute atomic E-state index is 0.0172. The van der Waals surface area contributed by atoms with Crippen LogP contribution in [0.5, 0.6) is 0 Å². The van der Waals surface area contributed by atoms with Gasteiger partial charge in [0, 0.05) is 18.3 Å². The molecular formula is C22H33N3O2.